The zero-order valence-electron chi connectivity index (χ0n) is 8.02. The molecule has 74 valence electrons. The van der Waals surface area contributed by atoms with Crippen molar-refractivity contribution in [2.75, 3.05) is 0 Å². The van der Waals surface area contributed by atoms with E-state index in [0.29, 0.717) is 0 Å². The lowest BCUT2D eigenvalue weighted by molar-refractivity contribution is 0.524. The second-order valence-electron chi connectivity index (χ2n) is 2.97. The first-order chi connectivity index (χ1) is 6.50. The van der Waals surface area contributed by atoms with Gasteiger partial charge in [0.25, 0.3) is 0 Å². The number of ether oxygens (including phenoxy) is 1. The van der Waals surface area contributed by atoms with E-state index in [9.17, 15) is 4.39 Å². The third-order valence-electron chi connectivity index (χ3n) is 1.62. The quantitative estimate of drug-likeness (QED) is 0.523. The molecule has 0 amide bonds. The van der Waals surface area contributed by atoms with Crippen LogP contribution in [0.15, 0.2) is 18.2 Å². The number of hydrogen-bond acceptors (Lipinski definition) is 3. The van der Waals surface area contributed by atoms with Gasteiger partial charge in [0.05, 0.1) is 5.56 Å². The fraction of sp³-hybridized carbons (Fsp3) is 0.200. The van der Waals surface area contributed by atoms with Crippen LogP contribution in [-0.4, -0.2) is 11.8 Å². The highest BCUT2D eigenvalue weighted by Gasteiger charge is 2.09. The molecule has 3 nitrogen and oxygen atoms in total. The standard InChI is InChI=1S/C10H11FN2O/c1-6-3-4-8(9(11)5-6)10(13)14-7(2)12/h3-5,12-13H,1-2H3. The molecule has 0 radical (unpaired) electrons. The number of halogens is 1. The molecule has 0 saturated heterocycles. The fourth-order valence-corrected chi connectivity index (χ4v) is 1.01. The van der Waals surface area contributed by atoms with Gasteiger partial charge in [0.1, 0.15) is 5.82 Å². The van der Waals surface area contributed by atoms with Crippen molar-refractivity contribution in [3.8, 4) is 0 Å². The molecule has 0 spiro atoms. The van der Waals surface area contributed by atoms with E-state index in [1.165, 1.54) is 19.1 Å². The first kappa shape index (κ1) is 10.4. The van der Waals surface area contributed by atoms with Gasteiger partial charge < -0.3 is 4.74 Å². The van der Waals surface area contributed by atoms with Crippen LogP contribution in [0.5, 0.6) is 0 Å². The molecule has 0 aliphatic carbocycles. The van der Waals surface area contributed by atoms with Crippen molar-refractivity contribution in [3.63, 3.8) is 0 Å². The van der Waals surface area contributed by atoms with Crippen molar-refractivity contribution in [3.05, 3.63) is 35.1 Å². The summed E-state index contributed by atoms with van der Waals surface area (Å²) in [6.45, 7) is 3.15. The lowest BCUT2D eigenvalue weighted by atomic mass is 10.1. The second-order valence-corrected chi connectivity index (χ2v) is 2.97. The maximum absolute atomic E-state index is 13.3. The van der Waals surface area contributed by atoms with Crippen LogP contribution in [0.2, 0.25) is 0 Å². The highest BCUT2D eigenvalue weighted by molar-refractivity contribution is 5.98. The van der Waals surface area contributed by atoms with Gasteiger partial charge in [0, 0.05) is 6.92 Å². The molecule has 14 heavy (non-hydrogen) atoms. The highest BCUT2D eigenvalue weighted by atomic mass is 19.1. The van der Waals surface area contributed by atoms with E-state index in [-0.39, 0.29) is 17.4 Å². The first-order valence-corrected chi connectivity index (χ1v) is 4.09. The average molecular weight is 194 g/mol. The molecule has 0 saturated carbocycles. The third kappa shape index (κ3) is 2.39. The molecule has 1 aromatic rings. The normalized spacial score (nSPS) is 9.64. The predicted octanol–water partition coefficient (Wildman–Crippen LogP) is 2.47. The summed E-state index contributed by atoms with van der Waals surface area (Å²) in [6.07, 6.45) is 0. The van der Waals surface area contributed by atoms with Crippen LogP contribution in [0.1, 0.15) is 18.1 Å². The Morgan fingerprint density at radius 2 is 2.00 bits per heavy atom. The summed E-state index contributed by atoms with van der Waals surface area (Å²) in [6, 6.07) is 4.48. The van der Waals surface area contributed by atoms with Crippen LogP contribution >= 0.6 is 0 Å². The Labute approximate surface area is 81.5 Å². The van der Waals surface area contributed by atoms with Gasteiger partial charge in [-0.2, -0.15) is 0 Å². The summed E-state index contributed by atoms with van der Waals surface area (Å²) in [4.78, 5) is 0. The Hall–Kier alpha value is -1.71. The molecule has 4 heteroatoms. The summed E-state index contributed by atoms with van der Waals surface area (Å²) in [5.41, 5.74) is 0.854. The fourth-order valence-electron chi connectivity index (χ4n) is 1.01. The molecule has 0 fully saturated rings. The summed E-state index contributed by atoms with van der Waals surface area (Å²) >= 11 is 0. The van der Waals surface area contributed by atoms with Crippen molar-refractivity contribution in [1.82, 2.24) is 0 Å². The number of hydrogen-bond donors (Lipinski definition) is 2. The molecule has 2 N–H and O–H groups in total. The molecule has 0 aliphatic heterocycles. The second kappa shape index (κ2) is 4.00. The molecular formula is C10H11FN2O. The van der Waals surface area contributed by atoms with Gasteiger partial charge in [-0.1, -0.05) is 6.07 Å². The molecule has 0 aliphatic rings. The van der Waals surface area contributed by atoms with Gasteiger partial charge in [0.15, 0.2) is 5.90 Å². The minimum absolute atomic E-state index is 0.0715. The highest BCUT2D eigenvalue weighted by Crippen LogP contribution is 2.11. The molecule has 1 rings (SSSR count). The molecule has 1 aromatic carbocycles. The van der Waals surface area contributed by atoms with Crippen LogP contribution < -0.4 is 0 Å². The zero-order chi connectivity index (χ0) is 10.7. The van der Waals surface area contributed by atoms with E-state index >= 15 is 0 Å². The third-order valence-corrected chi connectivity index (χ3v) is 1.62. The monoisotopic (exact) mass is 194 g/mol. The minimum Gasteiger partial charge on any atom is -0.425 e. The van der Waals surface area contributed by atoms with Gasteiger partial charge in [0.2, 0.25) is 5.90 Å². The number of nitrogens with one attached hydrogen (secondary N) is 2. The number of aryl methyl sites for hydroxylation is 1. The Balaban J connectivity index is 2.96. The topological polar surface area (TPSA) is 56.9 Å². The van der Waals surface area contributed by atoms with Crippen LogP contribution in [0.3, 0.4) is 0 Å². The molecule has 0 unspecified atom stereocenters. The maximum atomic E-state index is 13.3. The smallest absolute Gasteiger partial charge is 0.223 e. The minimum atomic E-state index is -0.503. The summed E-state index contributed by atoms with van der Waals surface area (Å²) in [5.74, 6) is -0.971. The lowest BCUT2D eigenvalue weighted by Crippen LogP contribution is -2.10. The van der Waals surface area contributed by atoms with Crippen molar-refractivity contribution in [2.24, 2.45) is 0 Å². The summed E-state index contributed by atoms with van der Waals surface area (Å²) < 4.78 is 17.9. The first-order valence-electron chi connectivity index (χ1n) is 4.09. The molecule has 0 aromatic heterocycles. The summed E-state index contributed by atoms with van der Waals surface area (Å²) in [7, 11) is 0. The lowest BCUT2D eigenvalue weighted by Gasteiger charge is -2.06. The summed E-state index contributed by atoms with van der Waals surface area (Å²) in [5, 5.41) is 14.4. The van der Waals surface area contributed by atoms with E-state index in [4.69, 9.17) is 10.8 Å². The van der Waals surface area contributed by atoms with Gasteiger partial charge in [-0.3, -0.25) is 10.8 Å². The van der Waals surface area contributed by atoms with Crippen molar-refractivity contribution < 1.29 is 9.13 Å². The molecular weight excluding hydrogens is 183 g/mol. The van der Waals surface area contributed by atoms with Crippen molar-refractivity contribution in [1.29, 1.82) is 10.8 Å². The SMILES string of the molecule is CC(=N)OC(=N)c1ccc(C)cc1F. The Bertz CT molecular complexity index is 388. The van der Waals surface area contributed by atoms with Gasteiger partial charge in [-0.15, -0.1) is 0 Å². The Morgan fingerprint density at radius 3 is 2.50 bits per heavy atom. The number of benzene rings is 1. The Morgan fingerprint density at radius 1 is 1.36 bits per heavy atom. The van der Waals surface area contributed by atoms with E-state index in [2.05, 4.69) is 4.74 Å². The van der Waals surface area contributed by atoms with E-state index in [1.54, 1.807) is 13.0 Å². The van der Waals surface area contributed by atoms with Gasteiger partial charge in [-0.25, -0.2) is 4.39 Å². The van der Waals surface area contributed by atoms with Crippen molar-refractivity contribution in [2.45, 2.75) is 13.8 Å². The van der Waals surface area contributed by atoms with Crippen LogP contribution in [-0.2, 0) is 4.74 Å². The van der Waals surface area contributed by atoms with Crippen LogP contribution in [0.25, 0.3) is 0 Å². The van der Waals surface area contributed by atoms with Crippen molar-refractivity contribution >= 4 is 11.8 Å². The zero-order valence-corrected chi connectivity index (χ0v) is 8.02. The Kier molecular flexibility index (Phi) is 2.96. The van der Waals surface area contributed by atoms with Crippen LogP contribution in [0, 0.1) is 23.6 Å². The van der Waals surface area contributed by atoms with E-state index in [0.717, 1.165) is 5.56 Å². The molecule has 0 bridgehead atoms. The van der Waals surface area contributed by atoms with Gasteiger partial charge >= 0.3 is 0 Å². The molecule has 0 heterocycles. The van der Waals surface area contributed by atoms with E-state index < -0.39 is 5.82 Å². The maximum Gasteiger partial charge on any atom is 0.223 e. The average Bonchev–Trinajstić information content (AvgIpc) is 2.01. The number of rotatable bonds is 1. The van der Waals surface area contributed by atoms with E-state index in [1.807, 2.05) is 0 Å². The predicted molar refractivity (Wildman–Crippen MR) is 52.5 cm³/mol. The largest absolute Gasteiger partial charge is 0.425 e. The van der Waals surface area contributed by atoms with Gasteiger partial charge in [-0.05, 0) is 24.6 Å². The van der Waals surface area contributed by atoms with Crippen LogP contribution in [0.4, 0.5) is 4.39 Å². The molecule has 0 atom stereocenters.